The number of phenolic OH excluding ortho intramolecular Hbond substituents is 1. The van der Waals surface area contributed by atoms with Crippen molar-refractivity contribution in [1.82, 2.24) is 5.32 Å². The van der Waals surface area contributed by atoms with Crippen LogP contribution in [0.2, 0.25) is 0 Å². The second-order valence-electron chi connectivity index (χ2n) is 7.35. The number of ether oxygens (including phenoxy) is 1. The number of benzene rings is 3. The predicted octanol–water partition coefficient (Wildman–Crippen LogP) is 0.382. The fraction of sp³-hybridized carbons (Fsp3) is 0.167. The Kier molecular flexibility index (Phi) is 5.75. The number of alkyl carbamates (subject to hydrolysis) is 1. The molecule has 0 unspecified atom stereocenters. The molecule has 0 saturated heterocycles. The van der Waals surface area contributed by atoms with Gasteiger partial charge >= 0.3 is 157 Å². The van der Waals surface area contributed by atoms with E-state index in [1.165, 1.54) is 6.07 Å². The first-order valence-electron chi connectivity index (χ1n) is 10.1. The first-order valence-corrected chi connectivity index (χ1v) is 10.8. The Morgan fingerprint density at radius 2 is 1.71 bits per heavy atom. The van der Waals surface area contributed by atoms with Crippen molar-refractivity contribution in [2.45, 2.75) is 18.4 Å². The van der Waals surface area contributed by atoms with Gasteiger partial charge in [-0.25, -0.2) is 0 Å². The van der Waals surface area contributed by atoms with Crippen molar-refractivity contribution in [1.29, 1.82) is 0.594 Å². The quantitative estimate of drug-likeness (QED) is 0.384. The second kappa shape index (κ2) is 8.97. The van der Waals surface area contributed by atoms with E-state index in [4.69, 9.17) is 5.33 Å². The first-order chi connectivity index (χ1) is 15.5. The second-order valence-corrected chi connectivity index (χ2v) is 8.51. The Morgan fingerprint density at radius 3 is 2.32 bits per heavy atom. The number of aromatic hydroxyl groups is 1. The summed E-state index contributed by atoms with van der Waals surface area (Å²) < 4.78 is 13.5. The normalized spacial score (nSPS) is 13.7. The van der Waals surface area contributed by atoms with Gasteiger partial charge in [0.15, 0.2) is 0 Å². The summed E-state index contributed by atoms with van der Waals surface area (Å²) in [5.74, 6) is -1.27. The SMILES string of the molecule is [2H][I-]c1cc(C[C@H](NC(=O)OCC2c3ccccc3-c3ccccc32)C(=O)O)ccc1O. The van der Waals surface area contributed by atoms with Crippen LogP contribution in [0.5, 0.6) is 5.75 Å². The zero-order chi connectivity index (χ0) is 22.7. The summed E-state index contributed by atoms with van der Waals surface area (Å²) in [6.45, 7) is 0.0961. The van der Waals surface area contributed by atoms with E-state index in [9.17, 15) is 19.8 Å². The molecule has 0 radical (unpaired) electrons. The van der Waals surface area contributed by atoms with Crippen LogP contribution < -0.4 is 27.7 Å². The van der Waals surface area contributed by atoms with Crippen LogP contribution >= 0.6 is 0 Å². The molecule has 3 aromatic carbocycles. The van der Waals surface area contributed by atoms with Gasteiger partial charge in [-0.05, 0) is 0 Å². The summed E-state index contributed by atoms with van der Waals surface area (Å²) in [7, 11) is 0. The van der Waals surface area contributed by atoms with Crippen LogP contribution in [0, 0.1) is 3.57 Å². The molecule has 6 nitrogen and oxygen atoms in total. The molecule has 0 aliphatic heterocycles. The Hall–Kier alpha value is -3.07. The van der Waals surface area contributed by atoms with Crippen LogP contribution in [0.15, 0.2) is 66.7 Å². The van der Waals surface area contributed by atoms with E-state index >= 15 is 0 Å². The molecule has 7 heteroatoms. The van der Waals surface area contributed by atoms with Crippen LogP contribution in [0.3, 0.4) is 0 Å². The summed E-state index contributed by atoms with van der Waals surface area (Å²) in [6.07, 6.45) is -0.775. The number of carboxylic acid groups (broad SMARTS) is 1. The number of carbonyl (C=O) groups is 2. The zero-order valence-corrected chi connectivity index (χ0v) is 18.6. The molecule has 0 saturated carbocycles. The molecule has 1 amide bonds. The van der Waals surface area contributed by atoms with Crippen LogP contribution in [-0.4, -0.2) is 35.5 Å². The average molecular weight is 531 g/mol. The molecule has 3 N–H and O–H groups in total. The molecule has 0 fully saturated rings. The number of nitrogens with one attached hydrogen (secondary N) is 1. The first kappa shape index (κ1) is 19.9. The molecule has 31 heavy (non-hydrogen) atoms. The molecule has 0 spiro atoms. The van der Waals surface area contributed by atoms with Crippen LogP contribution in [0.25, 0.3) is 11.1 Å². The third-order valence-electron chi connectivity index (χ3n) is 5.39. The van der Waals surface area contributed by atoms with Gasteiger partial charge in [-0.1, -0.05) is 36.4 Å². The number of aliphatic carboxylic acids is 1. The third-order valence-corrected chi connectivity index (χ3v) is 6.25. The van der Waals surface area contributed by atoms with Gasteiger partial charge in [-0.3, -0.25) is 0 Å². The molecular weight excluding hydrogens is 509 g/mol. The molecule has 4 rings (SSSR count). The molecule has 160 valence electrons. The van der Waals surface area contributed by atoms with Gasteiger partial charge in [0.25, 0.3) is 0 Å². The van der Waals surface area contributed by atoms with Crippen LogP contribution in [0.1, 0.15) is 22.6 Å². The predicted molar refractivity (Wildman–Crippen MR) is 112 cm³/mol. The van der Waals surface area contributed by atoms with Crippen LogP contribution in [0.4, 0.5) is 4.79 Å². The van der Waals surface area contributed by atoms with Gasteiger partial charge < -0.3 is 0 Å². The van der Waals surface area contributed by atoms with Gasteiger partial charge in [0.1, 0.15) is 0 Å². The molecule has 0 bridgehead atoms. The van der Waals surface area contributed by atoms with Gasteiger partial charge in [-0.15, -0.1) is 0 Å². The number of hydrogen-bond acceptors (Lipinski definition) is 4. The summed E-state index contributed by atoms with van der Waals surface area (Å²) in [6, 6.07) is 19.4. The minimum atomic E-state index is -1.19. The monoisotopic (exact) mass is 531 g/mol. The minimum absolute atomic E-state index is 0.0244. The van der Waals surface area contributed by atoms with Gasteiger partial charge in [-0.2, -0.15) is 0 Å². The Morgan fingerprint density at radius 1 is 1.06 bits per heavy atom. The van der Waals surface area contributed by atoms with E-state index in [1.807, 2.05) is 48.5 Å². The molecule has 1 aliphatic carbocycles. The van der Waals surface area contributed by atoms with Crippen molar-refractivity contribution >= 4 is 12.1 Å². The number of phenols is 1. The van der Waals surface area contributed by atoms with Gasteiger partial charge in [0.05, 0.1) is 0 Å². The van der Waals surface area contributed by atoms with Gasteiger partial charge in [0.2, 0.25) is 0 Å². The van der Waals surface area contributed by atoms with E-state index in [1.54, 1.807) is 12.1 Å². The number of halogens is 1. The molecule has 1 aliphatic rings. The van der Waals surface area contributed by atoms with E-state index in [2.05, 4.69) is 5.32 Å². The number of rotatable bonds is 7. The Balaban J connectivity index is 1.43. The summed E-state index contributed by atoms with van der Waals surface area (Å²) in [5.41, 5.74) is 5.00. The van der Waals surface area contributed by atoms with E-state index in [-0.39, 0.29) is 24.7 Å². The molecule has 3 aromatic rings. The Labute approximate surface area is 193 Å². The zero-order valence-electron chi connectivity index (χ0n) is 17.4. The number of hydrogen-bond donors (Lipinski definition) is 3. The molecular formula is C24H21INO5-. The van der Waals surface area contributed by atoms with E-state index < -0.39 is 40.5 Å². The summed E-state index contributed by atoms with van der Waals surface area (Å²) in [4.78, 5) is 24.1. The number of carboxylic acids is 1. The van der Waals surface area contributed by atoms with E-state index in [0.29, 0.717) is 9.13 Å². The average Bonchev–Trinajstić information content (AvgIpc) is 3.12. The number of fused-ring (bicyclic) bond motifs is 3. The van der Waals surface area contributed by atoms with Crippen molar-refractivity contribution in [3.63, 3.8) is 0 Å². The fourth-order valence-corrected chi connectivity index (χ4v) is 4.48. The Bertz CT molecular complexity index is 1120. The van der Waals surface area contributed by atoms with Crippen molar-refractivity contribution in [3.8, 4) is 16.9 Å². The standard InChI is InChI=1S/C24H21INO5/c25-20-11-14(9-10-22(20)27)12-21(23(28)29)26-24(30)31-13-19-17-7-3-1-5-15(17)16-6-2-4-8-18(16)19/h1-11,19,21,25,27H,12-13H2,(H,26,30)(H,28,29)/q-1/t21-/m0/s1/i25D. The maximum absolute atomic E-state index is 12.4. The molecule has 0 heterocycles. The van der Waals surface area contributed by atoms with E-state index in [0.717, 1.165) is 22.3 Å². The van der Waals surface area contributed by atoms with Crippen molar-refractivity contribution in [2.24, 2.45) is 0 Å². The third kappa shape index (κ3) is 4.51. The van der Waals surface area contributed by atoms with Crippen molar-refractivity contribution in [2.75, 3.05) is 6.61 Å². The van der Waals surface area contributed by atoms with Crippen molar-refractivity contribution < 1.29 is 46.9 Å². The topological polar surface area (TPSA) is 95.9 Å². The fourth-order valence-electron chi connectivity index (χ4n) is 3.90. The summed E-state index contributed by atoms with van der Waals surface area (Å²) in [5, 5.41) is 21.7. The maximum atomic E-state index is 12.4. The molecule has 1 atom stereocenters. The summed E-state index contributed by atoms with van der Waals surface area (Å²) >= 11 is -1.10. The number of amides is 1. The van der Waals surface area contributed by atoms with Gasteiger partial charge in [0, 0.05) is 0 Å². The van der Waals surface area contributed by atoms with Crippen molar-refractivity contribution in [3.05, 3.63) is 87.0 Å². The number of carbonyl (C=O) groups excluding carboxylic acids is 1. The molecule has 0 aromatic heterocycles. The van der Waals surface area contributed by atoms with Crippen LogP contribution in [-0.2, 0) is 16.0 Å².